The first-order valence-electron chi connectivity index (χ1n) is 9.48. The molecule has 152 valence electrons. The Labute approximate surface area is 180 Å². The van der Waals surface area contributed by atoms with Crippen molar-refractivity contribution in [2.75, 3.05) is 14.2 Å². The van der Waals surface area contributed by atoms with Crippen LogP contribution in [0.15, 0.2) is 65.1 Å². The lowest BCUT2D eigenvalue weighted by Gasteiger charge is -2.18. The number of aryl methyl sites for hydroxylation is 1. The molecule has 0 spiro atoms. The molecule has 4 nitrogen and oxygen atoms in total. The minimum atomic E-state index is 0.491. The van der Waals surface area contributed by atoms with Crippen LogP contribution in [0.5, 0.6) is 17.2 Å². The summed E-state index contributed by atoms with van der Waals surface area (Å²) in [4.78, 5) is 0. The van der Waals surface area contributed by atoms with Crippen LogP contribution in [0.2, 0.25) is 0 Å². The highest BCUT2D eigenvalue weighted by atomic mass is 79.9. The van der Waals surface area contributed by atoms with Crippen LogP contribution in [-0.2, 0) is 19.7 Å². The molecule has 0 bridgehead atoms. The van der Waals surface area contributed by atoms with E-state index in [4.69, 9.17) is 14.2 Å². The van der Waals surface area contributed by atoms with E-state index >= 15 is 0 Å². The fourth-order valence-corrected chi connectivity index (χ4v) is 3.52. The number of methoxy groups -OCH3 is 2. The van der Waals surface area contributed by atoms with Gasteiger partial charge < -0.3 is 19.5 Å². The summed E-state index contributed by atoms with van der Waals surface area (Å²) in [6.07, 6.45) is 0. The summed E-state index contributed by atoms with van der Waals surface area (Å²) in [6, 6.07) is 20.2. The molecule has 0 aliphatic rings. The van der Waals surface area contributed by atoms with E-state index in [9.17, 15) is 0 Å². The zero-order chi connectivity index (χ0) is 20.6. The summed E-state index contributed by atoms with van der Waals surface area (Å²) in [7, 11) is 3.34. The Kier molecular flexibility index (Phi) is 7.55. The van der Waals surface area contributed by atoms with Crippen molar-refractivity contribution in [2.24, 2.45) is 0 Å². The van der Waals surface area contributed by atoms with Gasteiger partial charge in [0.15, 0.2) is 11.5 Å². The lowest BCUT2D eigenvalue weighted by Crippen LogP contribution is -2.14. The Morgan fingerprint density at radius 2 is 1.62 bits per heavy atom. The van der Waals surface area contributed by atoms with E-state index in [2.05, 4.69) is 52.4 Å². The SMILES string of the molecule is COc1ccc(CNCc2c(Br)ccc(OC)c2OCc2ccccc2C)cc1. The van der Waals surface area contributed by atoms with Crippen LogP contribution in [0, 0.1) is 6.92 Å². The zero-order valence-corrected chi connectivity index (χ0v) is 18.6. The Morgan fingerprint density at radius 3 is 2.31 bits per heavy atom. The van der Waals surface area contributed by atoms with Gasteiger partial charge in [0.1, 0.15) is 12.4 Å². The molecule has 0 aliphatic carbocycles. The van der Waals surface area contributed by atoms with Gasteiger partial charge in [0.05, 0.1) is 14.2 Å². The fraction of sp³-hybridized carbons (Fsp3) is 0.250. The van der Waals surface area contributed by atoms with Crippen LogP contribution in [0.25, 0.3) is 0 Å². The van der Waals surface area contributed by atoms with Gasteiger partial charge in [-0.05, 0) is 47.9 Å². The number of rotatable bonds is 9. The van der Waals surface area contributed by atoms with Gasteiger partial charge in [0.2, 0.25) is 0 Å². The zero-order valence-electron chi connectivity index (χ0n) is 17.0. The monoisotopic (exact) mass is 455 g/mol. The van der Waals surface area contributed by atoms with E-state index in [-0.39, 0.29) is 0 Å². The Morgan fingerprint density at radius 1 is 0.862 bits per heavy atom. The van der Waals surface area contributed by atoms with Crippen molar-refractivity contribution in [2.45, 2.75) is 26.6 Å². The van der Waals surface area contributed by atoms with E-state index in [0.29, 0.717) is 13.2 Å². The molecule has 0 heterocycles. The summed E-state index contributed by atoms with van der Waals surface area (Å²) in [5.41, 5.74) is 4.59. The lowest BCUT2D eigenvalue weighted by molar-refractivity contribution is 0.279. The molecular weight excluding hydrogens is 430 g/mol. The van der Waals surface area contributed by atoms with Crippen molar-refractivity contribution >= 4 is 15.9 Å². The Balaban J connectivity index is 1.73. The molecule has 5 heteroatoms. The maximum absolute atomic E-state index is 6.23. The van der Waals surface area contributed by atoms with Gasteiger partial charge in [-0.2, -0.15) is 0 Å². The van der Waals surface area contributed by atoms with E-state index in [0.717, 1.165) is 39.4 Å². The molecule has 0 saturated carbocycles. The van der Waals surface area contributed by atoms with E-state index in [1.807, 2.05) is 36.4 Å². The number of ether oxygens (including phenoxy) is 3. The summed E-state index contributed by atoms with van der Waals surface area (Å²) >= 11 is 3.66. The molecule has 0 saturated heterocycles. The van der Waals surface area contributed by atoms with Crippen molar-refractivity contribution in [3.63, 3.8) is 0 Å². The van der Waals surface area contributed by atoms with Crippen molar-refractivity contribution in [3.05, 3.63) is 87.4 Å². The molecule has 1 N–H and O–H groups in total. The summed E-state index contributed by atoms with van der Waals surface area (Å²) in [6.45, 7) is 3.97. The first-order valence-corrected chi connectivity index (χ1v) is 10.3. The Bertz CT molecular complexity index is 941. The van der Waals surface area contributed by atoms with Gasteiger partial charge in [0.25, 0.3) is 0 Å². The molecule has 0 aliphatic heterocycles. The van der Waals surface area contributed by atoms with Gasteiger partial charge in [-0.3, -0.25) is 0 Å². The molecule has 3 rings (SSSR count). The average molecular weight is 456 g/mol. The highest BCUT2D eigenvalue weighted by Crippen LogP contribution is 2.37. The predicted octanol–water partition coefficient (Wildman–Crippen LogP) is 5.64. The minimum absolute atomic E-state index is 0.491. The number of halogens is 1. The summed E-state index contributed by atoms with van der Waals surface area (Å²) in [5.74, 6) is 2.34. The number of hydrogen-bond donors (Lipinski definition) is 1. The van der Waals surface area contributed by atoms with Crippen LogP contribution < -0.4 is 19.5 Å². The van der Waals surface area contributed by atoms with E-state index < -0.39 is 0 Å². The van der Waals surface area contributed by atoms with Gasteiger partial charge >= 0.3 is 0 Å². The summed E-state index contributed by atoms with van der Waals surface area (Å²) in [5, 5.41) is 3.49. The maximum atomic E-state index is 6.23. The van der Waals surface area contributed by atoms with Crippen molar-refractivity contribution < 1.29 is 14.2 Å². The van der Waals surface area contributed by atoms with E-state index in [1.54, 1.807) is 14.2 Å². The molecule has 0 unspecified atom stereocenters. The first-order chi connectivity index (χ1) is 14.1. The lowest BCUT2D eigenvalue weighted by atomic mass is 10.1. The third-order valence-electron chi connectivity index (χ3n) is 4.81. The third kappa shape index (κ3) is 5.52. The molecule has 3 aromatic carbocycles. The molecule has 29 heavy (non-hydrogen) atoms. The summed E-state index contributed by atoms with van der Waals surface area (Å²) < 4.78 is 18.0. The highest BCUT2D eigenvalue weighted by molar-refractivity contribution is 9.10. The van der Waals surface area contributed by atoms with Crippen LogP contribution in [-0.4, -0.2) is 14.2 Å². The Hall–Kier alpha value is -2.50. The molecule has 0 aromatic heterocycles. The maximum Gasteiger partial charge on any atom is 0.167 e. The van der Waals surface area contributed by atoms with Crippen molar-refractivity contribution in [3.8, 4) is 17.2 Å². The van der Waals surface area contributed by atoms with Crippen LogP contribution in [0.4, 0.5) is 0 Å². The minimum Gasteiger partial charge on any atom is -0.497 e. The fourth-order valence-electron chi connectivity index (χ4n) is 3.06. The average Bonchev–Trinajstić information content (AvgIpc) is 2.75. The second-order valence-electron chi connectivity index (χ2n) is 6.72. The third-order valence-corrected chi connectivity index (χ3v) is 5.55. The molecule has 0 radical (unpaired) electrons. The van der Waals surface area contributed by atoms with Gasteiger partial charge in [-0.1, -0.05) is 52.3 Å². The molecular formula is C24H26BrNO3. The number of hydrogen-bond acceptors (Lipinski definition) is 4. The van der Waals surface area contributed by atoms with E-state index in [1.165, 1.54) is 11.1 Å². The topological polar surface area (TPSA) is 39.7 Å². The quantitative estimate of drug-likeness (QED) is 0.452. The van der Waals surface area contributed by atoms with Gasteiger partial charge in [-0.15, -0.1) is 0 Å². The second-order valence-corrected chi connectivity index (χ2v) is 7.58. The predicted molar refractivity (Wildman–Crippen MR) is 120 cm³/mol. The van der Waals surface area contributed by atoms with Gasteiger partial charge in [-0.25, -0.2) is 0 Å². The molecule has 0 atom stereocenters. The normalized spacial score (nSPS) is 10.6. The van der Waals surface area contributed by atoms with Gasteiger partial charge in [0, 0.05) is 23.1 Å². The van der Waals surface area contributed by atoms with Crippen LogP contribution >= 0.6 is 15.9 Å². The molecule has 0 fully saturated rings. The number of benzene rings is 3. The largest absolute Gasteiger partial charge is 0.497 e. The number of nitrogens with one attached hydrogen (secondary N) is 1. The molecule has 0 amide bonds. The van der Waals surface area contributed by atoms with Crippen molar-refractivity contribution in [1.82, 2.24) is 5.32 Å². The van der Waals surface area contributed by atoms with Crippen LogP contribution in [0.1, 0.15) is 22.3 Å². The molecule has 3 aromatic rings. The second kappa shape index (κ2) is 10.3. The standard InChI is InChI=1S/C24H26BrNO3/c1-17-6-4-5-7-19(17)16-29-24-21(22(25)12-13-23(24)28-3)15-26-14-18-8-10-20(27-2)11-9-18/h4-13,26H,14-16H2,1-3H3. The smallest absolute Gasteiger partial charge is 0.167 e. The highest BCUT2D eigenvalue weighted by Gasteiger charge is 2.15. The van der Waals surface area contributed by atoms with Crippen molar-refractivity contribution in [1.29, 1.82) is 0 Å². The first kappa shape index (κ1) is 21.2. The van der Waals surface area contributed by atoms with Crippen LogP contribution in [0.3, 0.4) is 0 Å².